The molecule has 0 saturated carbocycles. The van der Waals surface area contributed by atoms with Gasteiger partial charge >= 0.3 is 0 Å². The number of halogens is 1. The van der Waals surface area contributed by atoms with Crippen LogP contribution in [0.3, 0.4) is 0 Å². The van der Waals surface area contributed by atoms with Crippen LogP contribution in [0.25, 0.3) is 0 Å². The normalized spacial score (nSPS) is 19.6. The first-order valence-electron chi connectivity index (χ1n) is 10.6. The third-order valence-corrected chi connectivity index (χ3v) is 6.36. The number of anilines is 2. The maximum absolute atomic E-state index is 14.3. The molecule has 0 radical (unpaired) electrons. The minimum Gasteiger partial charge on any atom is -0.378 e. The number of carbonyl (C=O) groups excluding carboxylic acids is 3. The minimum atomic E-state index is -1.01. The average Bonchev–Trinajstić information content (AvgIpc) is 3.05. The molecule has 0 N–H and O–H groups in total. The van der Waals surface area contributed by atoms with Gasteiger partial charge in [-0.05, 0) is 54.4 Å². The minimum absolute atomic E-state index is 0.289. The van der Waals surface area contributed by atoms with Gasteiger partial charge in [0.05, 0.1) is 17.2 Å². The summed E-state index contributed by atoms with van der Waals surface area (Å²) >= 11 is 0. The van der Waals surface area contributed by atoms with Gasteiger partial charge in [-0.1, -0.05) is 30.3 Å². The van der Waals surface area contributed by atoms with E-state index in [1.807, 2.05) is 43.3 Å². The number of hydrogen-bond donors (Lipinski definition) is 0. The first kappa shape index (κ1) is 20.9. The summed E-state index contributed by atoms with van der Waals surface area (Å²) in [4.78, 5) is 44.1. The second-order valence-electron chi connectivity index (χ2n) is 8.54. The highest BCUT2D eigenvalue weighted by Gasteiger charge is 2.57. The molecule has 2 atom stereocenters. The molecule has 1 saturated heterocycles. The molecule has 0 unspecified atom stereocenters. The number of nitrogens with zero attached hydrogens (tertiary/aromatic N) is 3. The van der Waals surface area contributed by atoms with Crippen molar-refractivity contribution in [1.29, 1.82) is 0 Å². The Balaban J connectivity index is 1.59. The van der Waals surface area contributed by atoms with E-state index < -0.39 is 35.6 Å². The van der Waals surface area contributed by atoms with Crippen LogP contribution >= 0.6 is 0 Å². The maximum Gasteiger partial charge on any atom is 0.262 e. The van der Waals surface area contributed by atoms with Gasteiger partial charge in [-0.3, -0.25) is 19.3 Å². The molecule has 2 aliphatic rings. The summed E-state index contributed by atoms with van der Waals surface area (Å²) in [6.07, 6.45) is 0. The Morgan fingerprint density at radius 1 is 0.788 bits per heavy atom. The zero-order chi connectivity index (χ0) is 23.4. The van der Waals surface area contributed by atoms with E-state index in [0.717, 1.165) is 16.2 Å². The monoisotopic (exact) mass is 443 g/mol. The highest BCUT2D eigenvalue weighted by atomic mass is 19.1. The van der Waals surface area contributed by atoms with Crippen molar-refractivity contribution in [3.8, 4) is 0 Å². The van der Waals surface area contributed by atoms with E-state index in [4.69, 9.17) is 0 Å². The smallest absolute Gasteiger partial charge is 0.262 e. The molecule has 2 heterocycles. The summed E-state index contributed by atoms with van der Waals surface area (Å²) in [5.74, 6) is -1.82. The first-order valence-corrected chi connectivity index (χ1v) is 10.6. The van der Waals surface area contributed by atoms with E-state index in [0.29, 0.717) is 11.3 Å². The molecule has 5 rings (SSSR count). The van der Waals surface area contributed by atoms with Gasteiger partial charge in [0.1, 0.15) is 11.9 Å². The van der Waals surface area contributed by atoms with Crippen molar-refractivity contribution in [1.82, 2.24) is 4.90 Å². The van der Waals surface area contributed by atoms with Gasteiger partial charge in [0.15, 0.2) is 0 Å². The molecular weight excluding hydrogens is 421 g/mol. The molecular formula is C26H22FN3O3. The fraction of sp³-hybridized carbons (Fsp3) is 0.192. The van der Waals surface area contributed by atoms with Gasteiger partial charge in [-0.2, -0.15) is 0 Å². The molecule has 166 valence electrons. The van der Waals surface area contributed by atoms with Crippen molar-refractivity contribution in [3.05, 3.63) is 94.8 Å². The SMILES string of the molecule is Cc1ccc(N2C(=O)[C@H](N3C(=O)c4ccccc4C3=O)[C@H]2c2ccc(N(C)C)cc2)cc1F. The molecule has 6 nitrogen and oxygen atoms in total. The van der Waals surface area contributed by atoms with Gasteiger partial charge in [-0.15, -0.1) is 0 Å². The summed E-state index contributed by atoms with van der Waals surface area (Å²) in [6.45, 7) is 1.65. The van der Waals surface area contributed by atoms with E-state index in [1.165, 1.54) is 11.0 Å². The van der Waals surface area contributed by atoms with Crippen molar-refractivity contribution in [2.24, 2.45) is 0 Å². The molecule has 3 aromatic rings. The van der Waals surface area contributed by atoms with Crippen molar-refractivity contribution >= 4 is 29.1 Å². The van der Waals surface area contributed by atoms with Gasteiger partial charge < -0.3 is 9.80 Å². The molecule has 3 aromatic carbocycles. The van der Waals surface area contributed by atoms with E-state index in [-0.39, 0.29) is 11.1 Å². The van der Waals surface area contributed by atoms with Crippen molar-refractivity contribution < 1.29 is 18.8 Å². The molecule has 0 bridgehead atoms. The molecule has 3 amide bonds. The number of β-lactam (4-membered cyclic amide) rings is 1. The Labute approximate surface area is 190 Å². The zero-order valence-electron chi connectivity index (χ0n) is 18.4. The maximum atomic E-state index is 14.3. The number of hydrogen-bond acceptors (Lipinski definition) is 4. The van der Waals surface area contributed by atoms with Crippen LogP contribution in [-0.4, -0.2) is 42.8 Å². The number of benzene rings is 3. The number of imide groups is 1. The summed E-state index contributed by atoms with van der Waals surface area (Å²) in [6, 6.07) is 17.1. The Kier molecular flexibility index (Phi) is 4.78. The standard InChI is InChI=1S/C26H22FN3O3/c1-15-8-11-18(14-21(15)27)29-22(16-9-12-17(13-10-16)28(2)3)23(26(29)33)30-24(31)19-6-4-5-7-20(19)25(30)32/h4-14,22-23H,1-3H3/t22-,23-/m1/s1. The first-order chi connectivity index (χ1) is 15.8. The molecule has 33 heavy (non-hydrogen) atoms. The number of aryl methyl sites for hydroxylation is 1. The fourth-order valence-corrected chi connectivity index (χ4v) is 4.51. The van der Waals surface area contributed by atoms with E-state index in [9.17, 15) is 18.8 Å². The lowest BCUT2D eigenvalue weighted by Gasteiger charge is -2.49. The van der Waals surface area contributed by atoms with E-state index >= 15 is 0 Å². The average molecular weight is 443 g/mol. The third kappa shape index (κ3) is 3.11. The van der Waals surface area contributed by atoms with Crippen LogP contribution in [0.1, 0.15) is 37.9 Å². The number of carbonyl (C=O) groups is 3. The van der Waals surface area contributed by atoms with Crippen molar-refractivity contribution in [3.63, 3.8) is 0 Å². The summed E-state index contributed by atoms with van der Waals surface area (Å²) in [5.41, 5.74) is 3.15. The highest BCUT2D eigenvalue weighted by molar-refractivity contribution is 6.24. The molecule has 0 aromatic heterocycles. The third-order valence-electron chi connectivity index (χ3n) is 6.36. The Bertz CT molecular complexity index is 1270. The number of rotatable bonds is 4. The lowest BCUT2D eigenvalue weighted by Crippen LogP contribution is -2.67. The number of amides is 3. The van der Waals surface area contributed by atoms with E-state index in [1.54, 1.807) is 43.3 Å². The molecule has 7 heteroatoms. The van der Waals surface area contributed by atoms with Gasteiger partial charge in [-0.25, -0.2) is 4.39 Å². The molecule has 2 aliphatic heterocycles. The summed E-state index contributed by atoms with van der Waals surface area (Å²) in [7, 11) is 3.84. The van der Waals surface area contributed by atoms with Crippen LogP contribution in [0.15, 0.2) is 66.7 Å². The molecule has 0 spiro atoms. The summed E-state index contributed by atoms with van der Waals surface area (Å²) in [5, 5.41) is 0. The van der Waals surface area contributed by atoms with Crippen LogP contribution in [0.4, 0.5) is 15.8 Å². The quantitative estimate of drug-likeness (QED) is 0.453. The lowest BCUT2D eigenvalue weighted by molar-refractivity contribution is -0.130. The van der Waals surface area contributed by atoms with Crippen molar-refractivity contribution in [2.45, 2.75) is 19.0 Å². The van der Waals surface area contributed by atoms with Gasteiger partial charge in [0.2, 0.25) is 0 Å². The van der Waals surface area contributed by atoms with Gasteiger partial charge in [0, 0.05) is 25.5 Å². The number of fused-ring (bicyclic) bond motifs is 1. The lowest BCUT2D eigenvalue weighted by atomic mass is 9.86. The predicted octanol–water partition coefficient (Wildman–Crippen LogP) is 3.95. The second-order valence-corrected chi connectivity index (χ2v) is 8.54. The largest absolute Gasteiger partial charge is 0.378 e. The molecule has 0 aliphatic carbocycles. The van der Waals surface area contributed by atoms with E-state index in [2.05, 4.69) is 0 Å². The fourth-order valence-electron chi connectivity index (χ4n) is 4.51. The topological polar surface area (TPSA) is 60.9 Å². The zero-order valence-corrected chi connectivity index (χ0v) is 18.4. The Morgan fingerprint density at radius 2 is 1.39 bits per heavy atom. The Morgan fingerprint density at radius 3 is 1.94 bits per heavy atom. The molecule has 1 fully saturated rings. The van der Waals surface area contributed by atoms with Crippen molar-refractivity contribution in [2.75, 3.05) is 23.9 Å². The Hall–Kier alpha value is -4.00. The predicted molar refractivity (Wildman–Crippen MR) is 123 cm³/mol. The van der Waals surface area contributed by atoms with Crippen LogP contribution < -0.4 is 9.80 Å². The summed E-state index contributed by atoms with van der Waals surface area (Å²) < 4.78 is 14.3. The highest BCUT2D eigenvalue weighted by Crippen LogP contribution is 2.44. The van der Waals surface area contributed by atoms with Crippen LogP contribution in [0.5, 0.6) is 0 Å². The van der Waals surface area contributed by atoms with Gasteiger partial charge in [0.25, 0.3) is 17.7 Å². The second kappa shape index (κ2) is 7.55. The van der Waals surface area contributed by atoms with Crippen LogP contribution in [-0.2, 0) is 4.79 Å². The van der Waals surface area contributed by atoms with Crippen LogP contribution in [0.2, 0.25) is 0 Å². The van der Waals surface area contributed by atoms with Crippen LogP contribution in [0, 0.1) is 12.7 Å².